The van der Waals surface area contributed by atoms with Crippen LogP contribution >= 0.6 is 0 Å². The summed E-state index contributed by atoms with van der Waals surface area (Å²) in [7, 11) is 1.59. The predicted molar refractivity (Wildman–Crippen MR) is 143 cm³/mol. The average Bonchev–Trinajstić information content (AvgIpc) is 3.28. The first kappa shape index (κ1) is 22.6. The third-order valence-corrected chi connectivity index (χ3v) is 7.72. The first-order valence-corrected chi connectivity index (χ1v) is 12.2. The zero-order chi connectivity index (χ0) is 25.6. The summed E-state index contributed by atoms with van der Waals surface area (Å²) in [6, 6.07) is 32.0. The standard InChI is InChI=1S/C32H23N3O2/c1-37-24-14-11-22(12-15-24)29-30(31(36)23-8-3-2-4-9-23)35-27-17-13-21-7-5-6-10-25(21)26(27)16-18-28(35)32(29,19-33)20-34/h2-18,28-30H,1H3/t28-,29-,30+/m1/s1. The van der Waals surface area contributed by atoms with E-state index in [4.69, 9.17) is 4.74 Å². The maximum absolute atomic E-state index is 14.3. The van der Waals surface area contributed by atoms with Crippen LogP contribution in [0.2, 0.25) is 0 Å². The third-order valence-electron chi connectivity index (χ3n) is 7.72. The van der Waals surface area contributed by atoms with Crippen LogP contribution in [0.3, 0.4) is 0 Å². The molecular formula is C32H23N3O2. The lowest BCUT2D eigenvalue weighted by Gasteiger charge is -2.36. The molecule has 1 fully saturated rings. The lowest BCUT2D eigenvalue weighted by atomic mass is 9.69. The van der Waals surface area contributed by atoms with E-state index >= 15 is 0 Å². The van der Waals surface area contributed by atoms with Crippen molar-refractivity contribution < 1.29 is 9.53 Å². The Labute approximate surface area is 215 Å². The number of ether oxygens (including phenoxy) is 1. The number of hydrogen-bond acceptors (Lipinski definition) is 5. The fraction of sp³-hybridized carbons (Fsp3) is 0.156. The van der Waals surface area contributed by atoms with E-state index in [1.54, 1.807) is 19.2 Å². The summed E-state index contributed by atoms with van der Waals surface area (Å²) in [6.07, 6.45) is 3.93. The number of methoxy groups -OCH3 is 1. The minimum Gasteiger partial charge on any atom is -0.497 e. The quantitative estimate of drug-likeness (QED) is 0.328. The van der Waals surface area contributed by atoms with Gasteiger partial charge >= 0.3 is 0 Å². The fourth-order valence-corrected chi connectivity index (χ4v) is 6.01. The molecule has 2 heterocycles. The molecule has 1 saturated heterocycles. The largest absolute Gasteiger partial charge is 0.497 e. The Balaban J connectivity index is 1.63. The number of Topliss-reactive ketones (excluding diaryl/α,β-unsaturated/α-hetero) is 1. The zero-order valence-electron chi connectivity index (χ0n) is 20.2. The average molecular weight is 482 g/mol. The van der Waals surface area contributed by atoms with E-state index in [0.717, 1.165) is 27.6 Å². The SMILES string of the molecule is COc1ccc([C@@H]2[C@@H](C(=O)c3ccccc3)N3c4ccc5ccccc5c4C=C[C@@H]3C2(C#N)C#N)cc1. The highest BCUT2D eigenvalue weighted by molar-refractivity contribution is 6.06. The second-order valence-corrected chi connectivity index (χ2v) is 9.45. The van der Waals surface area contributed by atoms with Crippen LogP contribution in [-0.4, -0.2) is 25.0 Å². The van der Waals surface area contributed by atoms with Gasteiger partial charge in [-0.1, -0.05) is 84.9 Å². The topological polar surface area (TPSA) is 77.1 Å². The van der Waals surface area contributed by atoms with Gasteiger partial charge in [0.15, 0.2) is 11.2 Å². The Morgan fingerprint density at radius 2 is 1.59 bits per heavy atom. The summed E-state index contributed by atoms with van der Waals surface area (Å²) in [5, 5.41) is 23.4. The van der Waals surface area contributed by atoms with E-state index in [-0.39, 0.29) is 5.78 Å². The number of hydrogen-bond donors (Lipinski definition) is 0. The number of ketones is 1. The Kier molecular flexibility index (Phi) is 5.29. The number of benzene rings is 4. The molecule has 5 heteroatoms. The number of fused-ring (bicyclic) bond motifs is 5. The molecule has 0 amide bonds. The van der Waals surface area contributed by atoms with Gasteiger partial charge in [0.1, 0.15) is 11.8 Å². The van der Waals surface area contributed by atoms with Gasteiger partial charge in [-0.3, -0.25) is 4.79 Å². The monoisotopic (exact) mass is 481 g/mol. The zero-order valence-corrected chi connectivity index (χ0v) is 20.2. The fourth-order valence-electron chi connectivity index (χ4n) is 6.01. The molecule has 2 aliphatic heterocycles. The molecule has 4 aromatic carbocycles. The highest BCUT2D eigenvalue weighted by Gasteiger charge is 2.63. The summed E-state index contributed by atoms with van der Waals surface area (Å²) in [4.78, 5) is 16.3. The second kappa shape index (κ2) is 8.66. The molecule has 0 bridgehead atoms. The minimum absolute atomic E-state index is 0.117. The second-order valence-electron chi connectivity index (χ2n) is 9.45. The molecule has 6 rings (SSSR count). The molecular weight excluding hydrogens is 458 g/mol. The molecule has 0 unspecified atom stereocenters. The first-order valence-electron chi connectivity index (χ1n) is 12.2. The lowest BCUT2D eigenvalue weighted by Crippen LogP contribution is -2.44. The molecule has 3 atom stereocenters. The maximum Gasteiger partial charge on any atom is 0.185 e. The van der Waals surface area contributed by atoms with Crippen LogP contribution in [0.25, 0.3) is 16.8 Å². The number of anilines is 1. The molecule has 0 saturated carbocycles. The van der Waals surface area contributed by atoms with Crippen LogP contribution in [0.5, 0.6) is 5.75 Å². The Hall–Kier alpha value is -4.87. The molecule has 0 aromatic heterocycles. The van der Waals surface area contributed by atoms with Crippen molar-refractivity contribution in [3.05, 3.63) is 114 Å². The van der Waals surface area contributed by atoms with E-state index in [1.165, 1.54) is 0 Å². The van der Waals surface area contributed by atoms with Gasteiger partial charge in [0.05, 0.1) is 25.3 Å². The molecule has 5 nitrogen and oxygen atoms in total. The summed E-state index contributed by atoms with van der Waals surface area (Å²) in [6.45, 7) is 0. The van der Waals surface area contributed by atoms with Gasteiger partial charge in [0.25, 0.3) is 0 Å². The first-order chi connectivity index (χ1) is 18.1. The highest BCUT2D eigenvalue weighted by Crippen LogP contribution is 2.56. The van der Waals surface area contributed by atoms with Gasteiger partial charge < -0.3 is 9.64 Å². The van der Waals surface area contributed by atoms with Crippen LogP contribution in [0.4, 0.5) is 5.69 Å². The smallest absolute Gasteiger partial charge is 0.185 e. The van der Waals surface area contributed by atoms with Crippen molar-refractivity contribution in [3.63, 3.8) is 0 Å². The molecule has 0 aliphatic carbocycles. The summed E-state index contributed by atoms with van der Waals surface area (Å²) in [5.74, 6) is -0.136. The number of carbonyl (C=O) groups excluding carboxylic acids is 1. The van der Waals surface area contributed by atoms with Crippen molar-refractivity contribution in [1.82, 2.24) is 0 Å². The summed E-state index contributed by atoms with van der Waals surface area (Å²) in [5.41, 5.74) is 1.66. The minimum atomic E-state index is -1.48. The van der Waals surface area contributed by atoms with E-state index in [0.29, 0.717) is 11.3 Å². The van der Waals surface area contributed by atoms with Crippen molar-refractivity contribution in [2.75, 3.05) is 12.0 Å². The Bertz CT molecular complexity index is 1610. The van der Waals surface area contributed by atoms with Gasteiger partial charge in [-0.15, -0.1) is 0 Å². The van der Waals surface area contributed by atoms with E-state index in [9.17, 15) is 15.3 Å². The van der Waals surface area contributed by atoms with Gasteiger partial charge in [-0.25, -0.2) is 0 Å². The van der Waals surface area contributed by atoms with E-state index < -0.39 is 23.4 Å². The molecule has 37 heavy (non-hydrogen) atoms. The van der Waals surface area contributed by atoms with E-state index in [1.807, 2.05) is 83.8 Å². The number of rotatable bonds is 4. The van der Waals surface area contributed by atoms with Gasteiger partial charge in [-0.05, 0) is 34.5 Å². The number of carbonyl (C=O) groups is 1. The van der Waals surface area contributed by atoms with Gasteiger partial charge in [-0.2, -0.15) is 10.5 Å². The van der Waals surface area contributed by atoms with Crippen molar-refractivity contribution in [1.29, 1.82) is 10.5 Å². The normalized spacial score (nSPS) is 20.9. The molecule has 4 aromatic rings. The maximum atomic E-state index is 14.3. The number of nitriles is 2. The third kappa shape index (κ3) is 3.25. The summed E-state index contributed by atoms with van der Waals surface area (Å²) < 4.78 is 5.34. The molecule has 0 spiro atoms. The van der Waals surface area contributed by atoms with Crippen LogP contribution in [0.15, 0.2) is 97.1 Å². The predicted octanol–water partition coefficient (Wildman–Crippen LogP) is 6.13. The van der Waals surface area contributed by atoms with Crippen molar-refractivity contribution in [2.45, 2.75) is 18.0 Å². The van der Waals surface area contributed by atoms with Crippen LogP contribution in [0, 0.1) is 28.1 Å². The van der Waals surface area contributed by atoms with Gasteiger partial charge in [0, 0.05) is 22.7 Å². The molecule has 0 radical (unpaired) electrons. The van der Waals surface area contributed by atoms with Crippen molar-refractivity contribution >= 4 is 28.3 Å². The van der Waals surface area contributed by atoms with E-state index in [2.05, 4.69) is 24.3 Å². The van der Waals surface area contributed by atoms with Crippen molar-refractivity contribution in [2.24, 2.45) is 5.41 Å². The Morgan fingerprint density at radius 1 is 0.892 bits per heavy atom. The molecule has 178 valence electrons. The van der Waals surface area contributed by atoms with Crippen LogP contribution in [-0.2, 0) is 0 Å². The lowest BCUT2D eigenvalue weighted by molar-refractivity contribution is 0.0951. The van der Waals surface area contributed by atoms with Crippen molar-refractivity contribution in [3.8, 4) is 17.9 Å². The van der Waals surface area contributed by atoms with Crippen LogP contribution < -0.4 is 9.64 Å². The van der Waals surface area contributed by atoms with Gasteiger partial charge in [0.2, 0.25) is 0 Å². The Morgan fingerprint density at radius 3 is 2.30 bits per heavy atom. The number of nitrogens with zero attached hydrogens (tertiary/aromatic N) is 3. The highest BCUT2D eigenvalue weighted by atomic mass is 16.5. The molecule has 2 aliphatic rings. The van der Waals surface area contributed by atoms with Crippen LogP contribution in [0.1, 0.15) is 27.4 Å². The summed E-state index contributed by atoms with van der Waals surface area (Å²) >= 11 is 0. The molecule has 0 N–H and O–H groups in total.